The number of benzene rings is 1. The summed E-state index contributed by atoms with van der Waals surface area (Å²) < 4.78 is 5.02. The molecule has 0 aliphatic rings. The van der Waals surface area contributed by atoms with E-state index in [1.807, 2.05) is 6.07 Å². The van der Waals surface area contributed by atoms with Crippen LogP contribution in [-0.4, -0.2) is 28.2 Å². The number of hydrogen-bond acceptors (Lipinski definition) is 6. The number of aromatic carboxylic acids is 1. The normalized spacial score (nSPS) is 9.76. The molecule has 0 aliphatic carbocycles. The molecule has 7 nitrogen and oxygen atoms in total. The van der Waals surface area contributed by atoms with Crippen LogP contribution < -0.4 is 10.1 Å². The number of carboxylic acids is 1. The molecule has 0 fully saturated rings. The predicted molar refractivity (Wildman–Crippen MR) is 75.0 cm³/mol. The van der Waals surface area contributed by atoms with Crippen molar-refractivity contribution in [3.8, 4) is 11.8 Å². The third-order valence-corrected chi connectivity index (χ3v) is 2.86. The Morgan fingerprint density at radius 2 is 2.19 bits per heavy atom. The van der Waals surface area contributed by atoms with Crippen LogP contribution in [0.5, 0.6) is 5.75 Å². The summed E-state index contributed by atoms with van der Waals surface area (Å²) in [6, 6.07) is 4.58. The zero-order chi connectivity index (χ0) is 15.4. The number of nitriles is 1. The first kappa shape index (κ1) is 14.6. The van der Waals surface area contributed by atoms with Crippen LogP contribution in [0, 0.1) is 11.3 Å². The van der Waals surface area contributed by atoms with Gasteiger partial charge >= 0.3 is 5.97 Å². The Bertz CT molecular complexity index is 725. The minimum absolute atomic E-state index is 0.0426. The molecule has 0 aliphatic heterocycles. The topological polar surface area (TPSA) is 108 Å². The number of ether oxygens (including phenoxy) is 1. The van der Waals surface area contributed by atoms with Gasteiger partial charge in [0.05, 0.1) is 30.2 Å². The van der Waals surface area contributed by atoms with Crippen molar-refractivity contribution in [3.63, 3.8) is 0 Å². The molecule has 0 amide bonds. The van der Waals surface area contributed by atoms with Gasteiger partial charge in [0.25, 0.3) is 0 Å². The van der Waals surface area contributed by atoms with Gasteiger partial charge < -0.3 is 15.2 Å². The van der Waals surface area contributed by atoms with Crippen molar-refractivity contribution in [3.05, 3.63) is 40.8 Å². The molecule has 1 heterocycles. The van der Waals surface area contributed by atoms with E-state index in [4.69, 9.17) is 26.7 Å². The first-order valence-electron chi connectivity index (χ1n) is 5.65. The van der Waals surface area contributed by atoms with E-state index in [-0.39, 0.29) is 22.0 Å². The molecule has 21 heavy (non-hydrogen) atoms. The van der Waals surface area contributed by atoms with Gasteiger partial charge in [-0.05, 0) is 6.07 Å². The molecule has 0 spiro atoms. The first-order valence-corrected chi connectivity index (χ1v) is 6.03. The van der Waals surface area contributed by atoms with Crippen molar-refractivity contribution in [1.82, 2.24) is 9.97 Å². The summed E-state index contributed by atoms with van der Waals surface area (Å²) >= 11 is 6.03. The monoisotopic (exact) mass is 304 g/mol. The molecule has 0 saturated heterocycles. The molecule has 0 saturated carbocycles. The van der Waals surface area contributed by atoms with Crippen LogP contribution in [0.4, 0.5) is 11.5 Å². The second kappa shape index (κ2) is 6.07. The van der Waals surface area contributed by atoms with Crippen LogP contribution in [0.1, 0.15) is 16.1 Å². The van der Waals surface area contributed by atoms with E-state index in [0.29, 0.717) is 11.5 Å². The third kappa shape index (κ3) is 3.19. The van der Waals surface area contributed by atoms with Crippen LogP contribution in [-0.2, 0) is 0 Å². The molecule has 8 heteroatoms. The highest BCUT2D eigenvalue weighted by Gasteiger charge is 2.15. The number of nitrogens with zero attached hydrogens (tertiary/aromatic N) is 3. The second-order valence-corrected chi connectivity index (χ2v) is 4.27. The van der Waals surface area contributed by atoms with Crippen molar-refractivity contribution in [2.24, 2.45) is 0 Å². The molecule has 2 rings (SSSR count). The number of carbonyl (C=O) groups is 1. The third-order valence-electron chi connectivity index (χ3n) is 2.55. The van der Waals surface area contributed by atoms with Crippen molar-refractivity contribution in [2.75, 3.05) is 12.4 Å². The largest absolute Gasteiger partial charge is 0.496 e. The molecule has 0 radical (unpaired) electrons. The van der Waals surface area contributed by atoms with Crippen molar-refractivity contribution >= 4 is 29.1 Å². The van der Waals surface area contributed by atoms with Crippen LogP contribution in [0.3, 0.4) is 0 Å². The fourth-order valence-electron chi connectivity index (χ4n) is 1.57. The molecule has 0 unspecified atom stereocenters. The Labute approximate surface area is 124 Å². The molecule has 0 bridgehead atoms. The van der Waals surface area contributed by atoms with Gasteiger partial charge in [0.2, 0.25) is 0 Å². The van der Waals surface area contributed by atoms with Gasteiger partial charge in [0.15, 0.2) is 5.69 Å². The van der Waals surface area contributed by atoms with Crippen LogP contribution in [0.25, 0.3) is 0 Å². The summed E-state index contributed by atoms with van der Waals surface area (Å²) in [6.45, 7) is 0. The highest BCUT2D eigenvalue weighted by atomic mass is 35.5. The van der Waals surface area contributed by atoms with Crippen molar-refractivity contribution < 1.29 is 14.6 Å². The van der Waals surface area contributed by atoms with Gasteiger partial charge in [0.1, 0.15) is 23.2 Å². The van der Waals surface area contributed by atoms with Gasteiger partial charge in [-0.1, -0.05) is 11.6 Å². The van der Waals surface area contributed by atoms with Gasteiger partial charge in [0, 0.05) is 6.07 Å². The van der Waals surface area contributed by atoms with E-state index in [0.717, 1.165) is 0 Å². The Morgan fingerprint density at radius 1 is 1.43 bits per heavy atom. The zero-order valence-corrected chi connectivity index (χ0v) is 11.5. The molecule has 106 valence electrons. The van der Waals surface area contributed by atoms with Gasteiger partial charge in [-0.2, -0.15) is 5.26 Å². The predicted octanol–water partition coefficient (Wildman–Crippen LogP) is 2.45. The molecule has 2 aromatic rings. The Hall–Kier alpha value is -2.85. The standard InChI is InChI=1S/C13H9ClN4O3/c1-21-11-3-10(9(14)2-8(11)13(19)20)18-12-6-16-7(4-15)5-17-12/h2-3,5-6H,1H3,(H,17,18)(H,19,20). The highest BCUT2D eigenvalue weighted by Crippen LogP contribution is 2.32. The fraction of sp³-hybridized carbons (Fsp3) is 0.0769. The SMILES string of the molecule is COc1cc(Nc2cnc(C#N)cn2)c(Cl)cc1C(=O)O. The summed E-state index contributed by atoms with van der Waals surface area (Å²) in [4.78, 5) is 18.9. The number of nitrogens with one attached hydrogen (secondary N) is 1. The Kier molecular flexibility index (Phi) is 4.21. The van der Waals surface area contributed by atoms with Gasteiger partial charge in [-0.15, -0.1) is 0 Å². The van der Waals surface area contributed by atoms with E-state index in [1.54, 1.807) is 0 Å². The number of halogens is 1. The minimum atomic E-state index is -1.14. The van der Waals surface area contributed by atoms with Crippen LogP contribution in [0.15, 0.2) is 24.5 Å². The summed E-state index contributed by atoms with van der Waals surface area (Å²) in [7, 11) is 1.36. The minimum Gasteiger partial charge on any atom is -0.496 e. The zero-order valence-electron chi connectivity index (χ0n) is 10.8. The molecule has 1 aromatic carbocycles. The number of hydrogen-bond donors (Lipinski definition) is 2. The molecule has 2 N–H and O–H groups in total. The Balaban J connectivity index is 2.35. The molecule has 1 aromatic heterocycles. The van der Waals surface area contributed by atoms with Crippen molar-refractivity contribution in [1.29, 1.82) is 5.26 Å². The first-order chi connectivity index (χ1) is 10.0. The van der Waals surface area contributed by atoms with E-state index >= 15 is 0 Å². The average Bonchev–Trinajstić information content (AvgIpc) is 2.49. The van der Waals surface area contributed by atoms with E-state index in [1.165, 1.54) is 31.6 Å². The lowest BCUT2D eigenvalue weighted by atomic mass is 10.2. The quantitative estimate of drug-likeness (QED) is 0.893. The summed E-state index contributed by atoms with van der Waals surface area (Å²) in [5.74, 6) is -0.615. The summed E-state index contributed by atoms with van der Waals surface area (Å²) in [6.07, 6.45) is 2.67. The lowest BCUT2D eigenvalue weighted by Crippen LogP contribution is -2.03. The maximum atomic E-state index is 11.1. The number of anilines is 2. The van der Waals surface area contributed by atoms with Crippen LogP contribution >= 0.6 is 11.6 Å². The lowest BCUT2D eigenvalue weighted by molar-refractivity contribution is 0.0693. The maximum absolute atomic E-state index is 11.1. The van der Waals surface area contributed by atoms with Crippen LogP contribution in [0.2, 0.25) is 5.02 Å². The molecular formula is C13H9ClN4O3. The number of carboxylic acid groups (broad SMARTS) is 1. The van der Waals surface area contributed by atoms with E-state index in [9.17, 15) is 4.79 Å². The number of methoxy groups -OCH3 is 1. The second-order valence-electron chi connectivity index (χ2n) is 3.86. The smallest absolute Gasteiger partial charge is 0.339 e. The fourth-order valence-corrected chi connectivity index (χ4v) is 1.78. The van der Waals surface area contributed by atoms with E-state index in [2.05, 4.69) is 15.3 Å². The average molecular weight is 305 g/mol. The summed E-state index contributed by atoms with van der Waals surface area (Å²) in [5.41, 5.74) is 0.557. The van der Waals surface area contributed by atoms with Gasteiger partial charge in [-0.25, -0.2) is 14.8 Å². The summed E-state index contributed by atoms with van der Waals surface area (Å²) in [5, 5.41) is 20.8. The van der Waals surface area contributed by atoms with Gasteiger partial charge in [-0.3, -0.25) is 0 Å². The maximum Gasteiger partial charge on any atom is 0.339 e. The lowest BCUT2D eigenvalue weighted by Gasteiger charge is -2.11. The number of aromatic nitrogens is 2. The highest BCUT2D eigenvalue weighted by molar-refractivity contribution is 6.33. The number of rotatable bonds is 4. The Morgan fingerprint density at radius 3 is 2.71 bits per heavy atom. The van der Waals surface area contributed by atoms with E-state index < -0.39 is 5.97 Å². The molecular weight excluding hydrogens is 296 g/mol. The van der Waals surface area contributed by atoms with Crippen molar-refractivity contribution in [2.45, 2.75) is 0 Å². The molecule has 0 atom stereocenters.